The summed E-state index contributed by atoms with van der Waals surface area (Å²) in [6.45, 7) is 6.31. The van der Waals surface area contributed by atoms with Gasteiger partial charge in [0.2, 0.25) is 5.95 Å². The molecule has 0 amide bonds. The standard InChI is InChI=1S/C29H32F2N8/c1-29(2)15-33-10-9-19(29)25(32)26-24-18(16-4-3-5-16)13-34-14-21(24)36-27(39-26)17-8-11-35-23(12-17)38-28-20(30)6-7-22(31)37-28/h6-8,11-14,16,19,25,33H,3-5,9-10,15,32H2,1-2H3,(H,35,37,38). The number of pyridine rings is 3. The molecule has 0 radical (unpaired) electrons. The SMILES string of the molecule is CC1(C)CNCCC1C(N)c1nc(-c2ccnc(Nc3nc(F)ccc3F)c2)nc2cncc(C3CCC3)c12. The molecule has 2 fully saturated rings. The van der Waals surface area contributed by atoms with Crippen LogP contribution < -0.4 is 16.4 Å². The molecule has 0 aromatic carbocycles. The van der Waals surface area contributed by atoms with Crippen LogP contribution in [0.5, 0.6) is 0 Å². The topological polar surface area (TPSA) is 115 Å². The summed E-state index contributed by atoms with van der Waals surface area (Å²) in [4.78, 5) is 22.4. The predicted octanol–water partition coefficient (Wildman–Crippen LogP) is 5.41. The molecule has 1 aliphatic heterocycles. The Kier molecular flexibility index (Phi) is 6.68. The van der Waals surface area contributed by atoms with Gasteiger partial charge in [-0.3, -0.25) is 4.98 Å². The molecule has 202 valence electrons. The summed E-state index contributed by atoms with van der Waals surface area (Å²) in [6.07, 6.45) is 9.71. The van der Waals surface area contributed by atoms with Crippen LogP contribution in [-0.2, 0) is 0 Å². The summed E-state index contributed by atoms with van der Waals surface area (Å²) >= 11 is 0. The van der Waals surface area contributed by atoms with Gasteiger partial charge in [-0.1, -0.05) is 20.3 Å². The lowest BCUT2D eigenvalue weighted by atomic mass is 9.69. The third-order valence-corrected chi connectivity index (χ3v) is 8.25. The summed E-state index contributed by atoms with van der Waals surface area (Å²) in [5.74, 6) is -0.286. The van der Waals surface area contributed by atoms with Crippen molar-refractivity contribution in [3.63, 3.8) is 0 Å². The highest BCUT2D eigenvalue weighted by atomic mass is 19.1. The number of nitrogens with zero attached hydrogens (tertiary/aromatic N) is 5. The Morgan fingerprint density at radius 2 is 1.92 bits per heavy atom. The van der Waals surface area contributed by atoms with Gasteiger partial charge < -0.3 is 16.4 Å². The molecule has 6 rings (SSSR count). The molecule has 10 heteroatoms. The van der Waals surface area contributed by atoms with Crippen LogP contribution in [0, 0.1) is 23.1 Å². The van der Waals surface area contributed by atoms with Gasteiger partial charge in [0.25, 0.3) is 0 Å². The fourth-order valence-electron chi connectivity index (χ4n) is 5.85. The van der Waals surface area contributed by atoms with E-state index in [0.717, 1.165) is 61.1 Å². The van der Waals surface area contributed by atoms with E-state index < -0.39 is 11.8 Å². The maximum Gasteiger partial charge on any atom is 0.214 e. The lowest BCUT2D eigenvalue weighted by Gasteiger charge is -2.42. The second-order valence-electron chi connectivity index (χ2n) is 11.3. The molecular weight excluding hydrogens is 498 g/mol. The molecule has 1 aliphatic carbocycles. The monoisotopic (exact) mass is 530 g/mol. The quantitative estimate of drug-likeness (QED) is 0.284. The van der Waals surface area contributed by atoms with E-state index in [2.05, 4.69) is 39.4 Å². The Labute approximate surface area is 225 Å². The zero-order valence-electron chi connectivity index (χ0n) is 22.1. The third-order valence-electron chi connectivity index (χ3n) is 8.25. The molecular formula is C29H32F2N8. The first kappa shape index (κ1) is 25.6. The van der Waals surface area contributed by atoms with Gasteiger partial charge in [0, 0.05) is 29.9 Å². The zero-order valence-corrected chi connectivity index (χ0v) is 22.1. The molecule has 8 nitrogen and oxygen atoms in total. The lowest BCUT2D eigenvalue weighted by Crippen LogP contribution is -2.47. The second kappa shape index (κ2) is 10.2. The fraction of sp³-hybridized carbons (Fsp3) is 0.414. The van der Waals surface area contributed by atoms with E-state index in [9.17, 15) is 8.78 Å². The van der Waals surface area contributed by atoms with Crippen LogP contribution in [-0.4, -0.2) is 38.0 Å². The molecule has 4 aromatic rings. The van der Waals surface area contributed by atoms with Crippen LogP contribution in [0.4, 0.5) is 20.4 Å². The van der Waals surface area contributed by atoms with Crippen molar-refractivity contribution in [2.75, 3.05) is 18.4 Å². The van der Waals surface area contributed by atoms with Crippen LogP contribution in [0.1, 0.15) is 62.7 Å². The summed E-state index contributed by atoms with van der Waals surface area (Å²) in [6, 6.07) is 5.17. The Morgan fingerprint density at radius 3 is 2.69 bits per heavy atom. The van der Waals surface area contributed by atoms with E-state index >= 15 is 0 Å². The van der Waals surface area contributed by atoms with Gasteiger partial charge in [-0.2, -0.15) is 9.37 Å². The minimum Gasteiger partial charge on any atom is -0.322 e. The van der Waals surface area contributed by atoms with Crippen molar-refractivity contribution in [1.82, 2.24) is 30.2 Å². The third kappa shape index (κ3) is 4.94. The van der Waals surface area contributed by atoms with Crippen LogP contribution >= 0.6 is 0 Å². The molecule has 0 bridgehead atoms. The number of anilines is 2. The van der Waals surface area contributed by atoms with E-state index in [0.29, 0.717) is 23.1 Å². The van der Waals surface area contributed by atoms with Crippen molar-refractivity contribution in [1.29, 1.82) is 0 Å². The molecule has 1 saturated carbocycles. The largest absolute Gasteiger partial charge is 0.322 e. The Hall–Kier alpha value is -3.63. The Morgan fingerprint density at radius 1 is 1.08 bits per heavy atom. The van der Waals surface area contributed by atoms with Crippen LogP contribution in [0.25, 0.3) is 22.3 Å². The van der Waals surface area contributed by atoms with Crippen LogP contribution in [0.2, 0.25) is 0 Å². The number of hydrogen-bond acceptors (Lipinski definition) is 8. The van der Waals surface area contributed by atoms with Crippen molar-refractivity contribution in [3.05, 3.63) is 65.9 Å². The van der Waals surface area contributed by atoms with Crippen molar-refractivity contribution < 1.29 is 8.78 Å². The minimum absolute atomic E-state index is 0.00540. The number of piperidine rings is 1. The van der Waals surface area contributed by atoms with Gasteiger partial charge in [0.15, 0.2) is 17.5 Å². The first-order chi connectivity index (χ1) is 18.8. The van der Waals surface area contributed by atoms with Crippen molar-refractivity contribution >= 4 is 22.5 Å². The number of hydrogen-bond donors (Lipinski definition) is 3. The molecule has 2 atom stereocenters. The lowest BCUT2D eigenvalue weighted by molar-refractivity contribution is 0.128. The smallest absolute Gasteiger partial charge is 0.214 e. The number of rotatable bonds is 6. The Bertz CT molecular complexity index is 1520. The first-order valence-corrected chi connectivity index (χ1v) is 13.5. The molecule has 39 heavy (non-hydrogen) atoms. The molecule has 4 N–H and O–H groups in total. The van der Waals surface area contributed by atoms with E-state index in [1.807, 2.05) is 6.20 Å². The summed E-state index contributed by atoms with van der Waals surface area (Å²) in [7, 11) is 0. The number of aromatic nitrogens is 5. The van der Waals surface area contributed by atoms with Crippen LogP contribution in [0.15, 0.2) is 42.9 Å². The van der Waals surface area contributed by atoms with E-state index in [1.165, 1.54) is 12.0 Å². The second-order valence-corrected chi connectivity index (χ2v) is 11.3. The summed E-state index contributed by atoms with van der Waals surface area (Å²) < 4.78 is 27.8. The van der Waals surface area contributed by atoms with Gasteiger partial charge in [-0.05, 0) is 72.9 Å². The van der Waals surface area contributed by atoms with Crippen LogP contribution in [0.3, 0.4) is 0 Å². The average molecular weight is 531 g/mol. The van der Waals surface area contributed by atoms with Gasteiger partial charge in [-0.25, -0.2) is 19.3 Å². The Balaban J connectivity index is 1.46. The minimum atomic E-state index is -0.790. The van der Waals surface area contributed by atoms with Crippen molar-refractivity contribution in [2.24, 2.45) is 17.1 Å². The summed E-state index contributed by atoms with van der Waals surface area (Å²) in [5, 5.41) is 7.28. The highest BCUT2D eigenvalue weighted by Gasteiger charge is 2.39. The molecule has 2 unspecified atom stereocenters. The zero-order chi connectivity index (χ0) is 27.1. The van der Waals surface area contributed by atoms with Crippen molar-refractivity contribution in [2.45, 2.75) is 51.5 Å². The molecule has 5 heterocycles. The van der Waals surface area contributed by atoms with Gasteiger partial charge in [0.05, 0.1) is 23.4 Å². The molecule has 4 aromatic heterocycles. The van der Waals surface area contributed by atoms with Gasteiger partial charge >= 0.3 is 0 Å². The van der Waals surface area contributed by atoms with E-state index in [1.54, 1.807) is 24.5 Å². The number of halogens is 2. The molecule has 1 saturated heterocycles. The molecule has 2 aliphatic rings. The molecule has 0 spiro atoms. The number of fused-ring (bicyclic) bond motifs is 1. The average Bonchev–Trinajstić information content (AvgIpc) is 2.89. The van der Waals surface area contributed by atoms with E-state index in [-0.39, 0.29) is 23.2 Å². The summed E-state index contributed by atoms with van der Waals surface area (Å²) in [5.41, 5.74) is 10.5. The maximum absolute atomic E-state index is 14.2. The van der Waals surface area contributed by atoms with E-state index in [4.69, 9.17) is 15.7 Å². The maximum atomic E-state index is 14.2. The predicted molar refractivity (Wildman–Crippen MR) is 146 cm³/mol. The van der Waals surface area contributed by atoms with Crippen molar-refractivity contribution in [3.8, 4) is 11.4 Å². The highest BCUT2D eigenvalue weighted by Crippen LogP contribution is 2.44. The fourth-order valence-corrected chi connectivity index (χ4v) is 5.85. The highest BCUT2D eigenvalue weighted by molar-refractivity contribution is 5.86. The first-order valence-electron chi connectivity index (χ1n) is 13.5. The number of nitrogens with one attached hydrogen (secondary N) is 2. The number of nitrogens with two attached hydrogens (primary N) is 1. The normalized spacial score (nSPS) is 20.0. The van der Waals surface area contributed by atoms with Gasteiger partial charge in [-0.15, -0.1) is 0 Å². The van der Waals surface area contributed by atoms with Gasteiger partial charge in [0.1, 0.15) is 5.82 Å².